The molecule has 0 aliphatic carbocycles. The molecule has 0 saturated carbocycles. The molecule has 21 heavy (non-hydrogen) atoms. The number of carbonyl (C=O) groups is 1. The standard InChI is InChI=1S/C17H28N2O.ClH/c1-6-17(20)18-12-16(19(4)5)15-9-7-14(8-10-15)11-13(2)3;/h7-10,13,16H,6,11-12H2,1-5H3,(H,18,20);1H/t16-;/m0./s1. The number of halogens is 1. The van der Waals surface area contributed by atoms with E-state index in [-0.39, 0.29) is 24.4 Å². The number of hydrogen-bond acceptors (Lipinski definition) is 2. The molecule has 0 bridgehead atoms. The first-order valence-electron chi connectivity index (χ1n) is 7.46. The molecule has 0 aliphatic rings. The smallest absolute Gasteiger partial charge is 0.219 e. The molecule has 0 radical (unpaired) electrons. The molecule has 1 amide bonds. The number of amides is 1. The molecule has 3 nitrogen and oxygen atoms in total. The molecule has 120 valence electrons. The number of nitrogens with one attached hydrogen (secondary N) is 1. The topological polar surface area (TPSA) is 32.3 Å². The Labute approximate surface area is 135 Å². The van der Waals surface area contributed by atoms with Crippen molar-refractivity contribution < 1.29 is 4.79 Å². The van der Waals surface area contributed by atoms with Gasteiger partial charge in [-0.2, -0.15) is 0 Å². The minimum absolute atomic E-state index is 0. The van der Waals surface area contributed by atoms with Crippen molar-refractivity contribution in [3.63, 3.8) is 0 Å². The molecule has 1 aromatic rings. The van der Waals surface area contributed by atoms with E-state index in [1.807, 2.05) is 21.0 Å². The van der Waals surface area contributed by atoms with Crippen molar-refractivity contribution >= 4 is 18.3 Å². The Morgan fingerprint density at radius 1 is 1.19 bits per heavy atom. The summed E-state index contributed by atoms with van der Waals surface area (Å²) in [5.41, 5.74) is 2.62. The molecular formula is C17H29ClN2O. The fourth-order valence-corrected chi connectivity index (χ4v) is 2.28. The van der Waals surface area contributed by atoms with E-state index >= 15 is 0 Å². The molecule has 0 unspecified atom stereocenters. The van der Waals surface area contributed by atoms with Gasteiger partial charge in [0.15, 0.2) is 0 Å². The van der Waals surface area contributed by atoms with E-state index in [4.69, 9.17) is 0 Å². The predicted molar refractivity (Wildman–Crippen MR) is 92.0 cm³/mol. The fourth-order valence-electron chi connectivity index (χ4n) is 2.28. The van der Waals surface area contributed by atoms with Crippen LogP contribution < -0.4 is 5.32 Å². The van der Waals surface area contributed by atoms with Crippen LogP contribution in [-0.4, -0.2) is 31.4 Å². The Balaban J connectivity index is 0.00000400. The highest BCUT2D eigenvalue weighted by Gasteiger charge is 2.14. The molecule has 0 fully saturated rings. The number of carbonyl (C=O) groups excluding carboxylic acids is 1. The normalized spacial score (nSPS) is 12.1. The Hall–Kier alpha value is -1.06. The van der Waals surface area contributed by atoms with E-state index in [9.17, 15) is 4.79 Å². The third-order valence-electron chi connectivity index (χ3n) is 3.45. The van der Waals surface area contributed by atoms with Crippen molar-refractivity contribution in [1.29, 1.82) is 0 Å². The van der Waals surface area contributed by atoms with Crippen LogP contribution >= 0.6 is 12.4 Å². The lowest BCUT2D eigenvalue weighted by molar-refractivity contribution is -0.121. The number of hydrogen-bond donors (Lipinski definition) is 1. The highest BCUT2D eigenvalue weighted by Crippen LogP contribution is 2.19. The van der Waals surface area contributed by atoms with Gasteiger partial charge < -0.3 is 10.2 Å². The monoisotopic (exact) mass is 312 g/mol. The van der Waals surface area contributed by atoms with Gasteiger partial charge in [-0.15, -0.1) is 12.4 Å². The van der Waals surface area contributed by atoms with E-state index in [0.717, 1.165) is 6.42 Å². The van der Waals surface area contributed by atoms with Crippen LogP contribution in [0.5, 0.6) is 0 Å². The minimum atomic E-state index is 0. The quantitative estimate of drug-likeness (QED) is 0.836. The zero-order chi connectivity index (χ0) is 15.1. The highest BCUT2D eigenvalue weighted by atomic mass is 35.5. The van der Waals surface area contributed by atoms with Crippen LogP contribution in [0.1, 0.15) is 44.4 Å². The Morgan fingerprint density at radius 2 is 1.76 bits per heavy atom. The summed E-state index contributed by atoms with van der Waals surface area (Å²) in [4.78, 5) is 13.6. The first kappa shape index (κ1) is 19.9. The summed E-state index contributed by atoms with van der Waals surface area (Å²) in [6.45, 7) is 7.00. The second-order valence-corrected chi connectivity index (χ2v) is 5.98. The molecule has 1 atom stereocenters. The maximum atomic E-state index is 11.4. The van der Waals surface area contributed by atoms with Crippen LogP contribution in [0, 0.1) is 5.92 Å². The van der Waals surface area contributed by atoms with Crippen LogP contribution in [0.25, 0.3) is 0 Å². The average molecular weight is 313 g/mol. The van der Waals surface area contributed by atoms with Gasteiger partial charge in [-0.25, -0.2) is 0 Å². The summed E-state index contributed by atoms with van der Waals surface area (Å²) < 4.78 is 0. The highest BCUT2D eigenvalue weighted by molar-refractivity contribution is 5.85. The SMILES string of the molecule is CCC(=O)NC[C@@H](c1ccc(CC(C)C)cc1)N(C)C.Cl. The van der Waals surface area contributed by atoms with Gasteiger partial charge in [0, 0.05) is 13.0 Å². The van der Waals surface area contributed by atoms with Crippen molar-refractivity contribution in [2.75, 3.05) is 20.6 Å². The molecule has 1 rings (SSSR count). The van der Waals surface area contributed by atoms with E-state index in [0.29, 0.717) is 18.9 Å². The van der Waals surface area contributed by atoms with Gasteiger partial charge in [-0.05, 0) is 37.6 Å². The number of rotatable bonds is 7. The third-order valence-corrected chi connectivity index (χ3v) is 3.45. The summed E-state index contributed by atoms with van der Waals surface area (Å²) in [5, 5.41) is 2.98. The van der Waals surface area contributed by atoms with E-state index in [1.54, 1.807) is 0 Å². The third kappa shape index (κ3) is 6.96. The van der Waals surface area contributed by atoms with Crippen molar-refractivity contribution in [2.45, 2.75) is 39.7 Å². The van der Waals surface area contributed by atoms with Crippen LogP contribution in [0.4, 0.5) is 0 Å². The van der Waals surface area contributed by atoms with E-state index < -0.39 is 0 Å². The summed E-state index contributed by atoms with van der Waals surface area (Å²) in [6, 6.07) is 8.99. The molecule has 0 aliphatic heterocycles. The second kappa shape index (κ2) is 9.80. The lowest BCUT2D eigenvalue weighted by atomic mass is 9.99. The van der Waals surface area contributed by atoms with Gasteiger partial charge in [-0.1, -0.05) is 45.0 Å². The van der Waals surface area contributed by atoms with Crippen LogP contribution in [-0.2, 0) is 11.2 Å². The van der Waals surface area contributed by atoms with Crippen molar-refractivity contribution in [1.82, 2.24) is 10.2 Å². The zero-order valence-electron chi connectivity index (χ0n) is 13.8. The maximum absolute atomic E-state index is 11.4. The molecular weight excluding hydrogens is 284 g/mol. The molecule has 4 heteroatoms. The summed E-state index contributed by atoms with van der Waals surface area (Å²) >= 11 is 0. The van der Waals surface area contributed by atoms with Crippen molar-refractivity contribution in [2.24, 2.45) is 5.92 Å². The predicted octanol–water partition coefficient (Wildman–Crippen LogP) is 3.44. The van der Waals surface area contributed by atoms with Gasteiger partial charge in [-0.3, -0.25) is 4.79 Å². The molecule has 1 aromatic carbocycles. The van der Waals surface area contributed by atoms with Gasteiger partial charge in [0.1, 0.15) is 0 Å². The largest absolute Gasteiger partial charge is 0.354 e. The average Bonchev–Trinajstić information content (AvgIpc) is 2.39. The number of benzene rings is 1. The lowest BCUT2D eigenvalue weighted by Crippen LogP contribution is -2.34. The van der Waals surface area contributed by atoms with Gasteiger partial charge >= 0.3 is 0 Å². The van der Waals surface area contributed by atoms with Crippen LogP contribution in [0.2, 0.25) is 0 Å². The molecule has 0 spiro atoms. The first-order chi connectivity index (χ1) is 9.43. The molecule has 0 heterocycles. The van der Waals surface area contributed by atoms with E-state index in [1.165, 1.54) is 11.1 Å². The Bertz CT molecular complexity index is 415. The summed E-state index contributed by atoms with van der Waals surface area (Å²) in [6.07, 6.45) is 1.65. The molecule has 1 N–H and O–H groups in total. The first-order valence-corrected chi connectivity index (χ1v) is 7.46. The fraction of sp³-hybridized carbons (Fsp3) is 0.588. The number of nitrogens with zero attached hydrogens (tertiary/aromatic N) is 1. The lowest BCUT2D eigenvalue weighted by Gasteiger charge is -2.25. The van der Waals surface area contributed by atoms with E-state index in [2.05, 4.69) is 48.3 Å². The minimum Gasteiger partial charge on any atom is -0.354 e. The van der Waals surface area contributed by atoms with Gasteiger partial charge in [0.05, 0.1) is 6.04 Å². The van der Waals surface area contributed by atoms with Gasteiger partial charge in [0.25, 0.3) is 0 Å². The van der Waals surface area contributed by atoms with Crippen molar-refractivity contribution in [3.8, 4) is 0 Å². The van der Waals surface area contributed by atoms with Gasteiger partial charge in [0.2, 0.25) is 5.91 Å². The Morgan fingerprint density at radius 3 is 2.19 bits per heavy atom. The summed E-state index contributed by atoms with van der Waals surface area (Å²) in [7, 11) is 4.09. The maximum Gasteiger partial charge on any atom is 0.219 e. The Kier molecular flexibility index (Phi) is 9.31. The number of likely N-dealkylation sites (N-methyl/N-ethyl adjacent to an activating group) is 1. The van der Waals surface area contributed by atoms with Crippen LogP contribution in [0.3, 0.4) is 0 Å². The zero-order valence-corrected chi connectivity index (χ0v) is 14.7. The van der Waals surface area contributed by atoms with Crippen LogP contribution in [0.15, 0.2) is 24.3 Å². The molecule has 0 saturated heterocycles. The summed E-state index contributed by atoms with van der Waals surface area (Å²) in [5.74, 6) is 0.780. The van der Waals surface area contributed by atoms with Crippen molar-refractivity contribution in [3.05, 3.63) is 35.4 Å². The second-order valence-electron chi connectivity index (χ2n) is 5.98. The molecule has 0 aromatic heterocycles.